The second-order valence-corrected chi connectivity index (χ2v) is 19.7. The molecule has 2 spiro atoms. The van der Waals surface area contributed by atoms with Gasteiger partial charge in [-0.25, -0.2) is 9.59 Å². The number of amides is 1. The number of hydrogen-bond acceptors (Lipinski definition) is 14. The number of esters is 1. The Kier molecular flexibility index (Phi) is 14.0. The van der Waals surface area contributed by atoms with Crippen LogP contribution in [0, 0.1) is 11.8 Å². The number of ether oxygens (including phenoxy) is 4. The minimum atomic E-state index is -1.19. The van der Waals surface area contributed by atoms with Crippen molar-refractivity contribution >= 4 is 29.8 Å². The van der Waals surface area contributed by atoms with E-state index in [2.05, 4.69) is 35.3 Å². The fraction of sp³-hybridized carbons (Fsp3) is 0.481. The number of carboxylic acids is 2. The maximum atomic E-state index is 12.6. The van der Waals surface area contributed by atoms with Gasteiger partial charge >= 0.3 is 24.0 Å². The van der Waals surface area contributed by atoms with E-state index in [9.17, 15) is 49.5 Å². The van der Waals surface area contributed by atoms with Crippen LogP contribution < -0.4 is 14.8 Å². The van der Waals surface area contributed by atoms with Crippen molar-refractivity contribution in [3.05, 3.63) is 101 Å². The number of hydrogen-bond donors (Lipinski definition) is 6. The molecule has 0 fully saturated rings. The standard InChI is InChI=1S/C26H28N2O7.C26H33NO7/c1-28-11-10-26-9-8-18(13-21(26)35-23-20(30)7-4-16(14-28)22(23)26)34-25(33)27-19(24(31)32)12-15-2-5-17(29)6-3-15;1-15(2)19(25(31)32)12-17(28)5-7-22(30)33-18-8-9-26-10-11-27(3)14-16-4-6-20(29)24(23(16)26)34-21(26)13-18/h2-9,18-19,21,29-30H,10-14H2,1H3,(H,27,33)(H,31,32);4,6,8-9,15,18-19,21,29H,5,7,10-14H2,1-3H3,(H,31,32)/t18-,19+,21-,26-;18-,19-,21-,26-/m00/s1. The number of carboxylic acid groups (broad SMARTS) is 2. The van der Waals surface area contributed by atoms with Crippen LogP contribution in [-0.2, 0) is 59.0 Å². The lowest BCUT2D eigenvalue weighted by molar-refractivity contribution is -0.149. The third kappa shape index (κ3) is 10.1. The molecule has 6 aliphatic rings. The fourth-order valence-electron chi connectivity index (χ4n) is 10.8. The quantitative estimate of drug-likeness (QED) is 0.0866. The summed E-state index contributed by atoms with van der Waals surface area (Å²) in [6.45, 7) is 6.79. The maximum absolute atomic E-state index is 12.6. The maximum Gasteiger partial charge on any atom is 0.408 e. The van der Waals surface area contributed by atoms with Crippen molar-refractivity contribution in [2.75, 3.05) is 27.2 Å². The molecule has 0 saturated carbocycles. The number of nitrogens with one attached hydrogen (secondary N) is 1. The number of phenols is 3. The van der Waals surface area contributed by atoms with Gasteiger partial charge in [0.15, 0.2) is 23.0 Å². The van der Waals surface area contributed by atoms with E-state index in [0.29, 0.717) is 29.9 Å². The largest absolute Gasteiger partial charge is 0.508 e. The van der Waals surface area contributed by atoms with Crippen LogP contribution in [0.15, 0.2) is 72.8 Å². The second-order valence-electron chi connectivity index (χ2n) is 19.7. The number of phenolic OH excluding ortho intramolecular Hbond substituents is 3. The topological polar surface area (TPSA) is 242 Å². The van der Waals surface area contributed by atoms with Gasteiger partial charge in [0.1, 0.15) is 42.0 Å². The highest BCUT2D eigenvalue weighted by Gasteiger charge is 2.54. The lowest BCUT2D eigenvalue weighted by atomic mass is 9.69. The molecule has 4 aliphatic heterocycles. The number of nitrogens with zero attached hydrogens (tertiary/aromatic N) is 2. The van der Waals surface area contributed by atoms with Crippen LogP contribution in [0.2, 0.25) is 0 Å². The molecule has 3 aromatic carbocycles. The number of Topliss-reactive ketones (excluding diaryl/α,β-unsaturated/α-hetero) is 1. The van der Waals surface area contributed by atoms with Gasteiger partial charge in [0.2, 0.25) is 0 Å². The summed E-state index contributed by atoms with van der Waals surface area (Å²) in [4.78, 5) is 64.7. The molecule has 17 nitrogen and oxygen atoms in total. The Bertz CT molecular complexity index is 2540. The predicted molar refractivity (Wildman–Crippen MR) is 249 cm³/mol. The van der Waals surface area contributed by atoms with Gasteiger partial charge in [-0.15, -0.1) is 0 Å². The number of carbonyl (C=O) groups excluding carboxylic acids is 3. The summed E-state index contributed by atoms with van der Waals surface area (Å²) >= 11 is 0. The summed E-state index contributed by atoms with van der Waals surface area (Å²) in [6, 6.07) is 12.2. The first kappa shape index (κ1) is 48.9. The number of alkyl carbamates (subject to hydrolysis) is 1. The van der Waals surface area contributed by atoms with Gasteiger partial charge in [-0.2, -0.15) is 0 Å². The number of aliphatic carboxylic acids is 2. The molecule has 0 aromatic heterocycles. The lowest BCUT2D eigenvalue weighted by Gasteiger charge is -2.36. The van der Waals surface area contributed by atoms with Crippen LogP contribution in [-0.4, -0.2) is 123 Å². The summed E-state index contributed by atoms with van der Waals surface area (Å²) in [5.74, 6) is -2.51. The number of carbonyl (C=O) groups is 5. The van der Waals surface area contributed by atoms with E-state index in [0.717, 1.165) is 61.3 Å². The minimum absolute atomic E-state index is 0.0371. The Morgan fingerprint density at radius 3 is 1.74 bits per heavy atom. The van der Waals surface area contributed by atoms with Crippen molar-refractivity contribution in [3.63, 3.8) is 0 Å². The van der Waals surface area contributed by atoms with E-state index < -0.39 is 53.6 Å². The highest BCUT2D eigenvalue weighted by molar-refractivity contribution is 5.86. The summed E-state index contributed by atoms with van der Waals surface area (Å²) in [5.41, 5.74) is 4.16. The molecule has 368 valence electrons. The summed E-state index contributed by atoms with van der Waals surface area (Å²) in [7, 11) is 4.14. The van der Waals surface area contributed by atoms with Crippen molar-refractivity contribution in [2.45, 2.75) is 120 Å². The molecular weight excluding hydrogens is 891 g/mol. The van der Waals surface area contributed by atoms with E-state index in [1.807, 2.05) is 30.4 Å². The minimum Gasteiger partial charge on any atom is -0.508 e. The van der Waals surface area contributed by atoms with E-state index >= 15 is 0 Å². The zero-order valence-corrected chi connectivity index (χ0v) is 39.3. The molecule has 2 aliphatic carbocycles. The molecule has 17 heteroatoms. The van der Waals surface area contributed by atoms with Gasteiger partial charge in [-0.3, -0.25) is 14.4 Å². The van der Waals surface area contributed by atoms with Gasteiger partial charge in [-0.05, 0) is 99.1 Å². The Morgan fingerprint density at radius 1 is 0.725 bits per heavy atom. The van der Waals surface area contributed by atoms with Crippen LogP contribution >= 0.6 is 0 Å². The first-order valence-electron chi connectivity index (χ1n) is 23.6. The summed E-state index contributed by atoms with van der Waals surface area (Å²) in [5, 5.41) is 51.6. The van der Waals surface area contributed by atoms with Crippen LogP contribution in [0.3, 0.4) is 0 Å². The van der Waals surface area contributed by atoms with Crippen LogP contribution in [0.5, 0.6) is 28.7 Å². The predicted octanol–water partition coefficient (Wildman–Crippen LogP) is 5.88. The first-order valence-corrected chi connectivity index (χ1v) is 23.6. The van der Waals surface area contributed by atoms with Gasteiger partial charge in [-0.1, -0.05) is 50.3 Å². The zero-order valence-electron chi connectivity index (χ0n) is 39.3. The van der Waals surface area contributed by atoms with E-state index in [1.54, 1.807) is 38.1 Å². The van der Waals surface area contributed by atoms with Gasteiger partial charge in [0, 0.05) is 56.3 Å². The molecular formula is C52H61N3O14. The average Bonchev–Trinajstić information content (AvgIpc) is 3.73. The van der Waals surface area contributed by atoms with Crippen molar-refractivity contribution in [2.24, 2.45) is 11.8 Å². The van der Waals surface area contributed by atoms with Crippen molar-refractivity contribution in [1.29, 1.82) is 0 Å². The fourth-order valence-corrected chi connectivity index (χ4v) is 10.8. The molecule has 0 saturated heterocycles. The Labute approximate surface area is 400 Å². The summed E-state index contributed by atoms with van der Waals surface area (Å²) in [6.07, 6.45) is 7.67. The highest BCUT2D eigenvalue weighted by Crippen LogP contribution is 2.57. The third-order valence-corrected chi connectivity index (χ3v) is 14.5. The summed E-state index contributed by atoms with van der Waals surface area (Å²) < 4.78 is 23.6. The number of ketones is 1. The molecule has 9 rings (SSSR count). The number of benzene rings is 3. The number of aromatic hydroxyl groups is 3. The SMILES string of the molecule is CC(C)[C@H](CC(=O)CCC(=O)O[C@H]1C=C[C@@]23CCN(C)Cc4ccc(O)c(c42)O[C@H]3C1)C(=O)O.CN1CC[C@@]23C=C[C@H](OC(=O)N[C@H](Cc4ccc(O)cc4)C(=O)O)C[C@@H]2Oc2c(O)ccc(c23)C1. The van der Waals surface area contributed by atoms with Crippen molar-refractivity contribution < 1.29 is 68.5 Å². The lowest BCUT2D eigenvalue weighted by Crippen LogP contribution is -2.46. The molecule has 1 amide bonds. The molecule has 4 heterocycles. The molecule has 0 radical (unpaired) electrons. The van der Waals surface area contributed by atoms with Crippen LogP contribution in [0.4, 0.5) is 4.79 Å². The molecule has 3 aromatic rings. The second kappa shape index (κ2) is 19.8. The van der Waals surface area contributed by atoms with Gasteiger partial charge < -0.3 is 59.6 Å². The third-order valence-electron chi connectivity index (χ3n) is 14.5. The van der Waals surface area contributed by atoms with Gasteiger partial charge in [0.25, 0.3) is 0 Å². The van der Waals surface area contributed by atoms with E-state index in [-0.39, 0.29) is 72.3 Å². The normalized spacial score (nSPS) is 25.9. The van der Waals surface area contributed by atoms with Crippen LogP contribution in [0.25, 0.3) is 0 Å². The monoisotopic (exact) mass is 951 g/mol. The van der Waals surface area contributed by atoms with Crippen LogP contribution in [0.1, 0.15) is 86.6 Å². The molecule has 8 atom stereocenters. The zero-order chi connectivity index (χ0) is 49.4. The molecule has 0 bridgehead atoms. The molecule has 0 unspecified atom stereocenters. The van der Waals surface area contributed by atoms with Crippen molar-refractivity contribution in [1.82, 2.24) is 15.1 Å². The Hall–Kier alpha value is -6.59. The van der Waals surface area contributed by atoms with Gasteiger partial charge in [0.05, 0.1) is 23.2 Å². The first-order chi connectivity index (χ1) is 32.8. The highest BCUT2D eigenvalue weighted by atomic mass is 16.6. The number of rotatable bonds is 13. The molecule has 69 heavy (non-hydrogen) atoms. The van der Waals surface area contributed by atoms with E-state index in [4.69, 9.17) is 18.9 Å². The smallest absolute Gasteiger partial charge is 0.408 e. The Morgan fingerprint density at radius 2 is 1.25 bits per heavy atom. The Balaban J connectivity index is 0.000000186. The van der Waals surface area contributed by atoms with E-state index in [1.165, 1.54) is 12.1 Å². The van der Waals surface area contributed by atoms with Crippen molar-refractivity contribution in [3.8, 4) is 28.7 Å². The molecule has 6 N–H and O–H groups in total. The average molecular weight is 952 g/mol.